The van der Waals surface area contributed by atoms with Crippen LogP contribution < -0.4 is 20.4 Å². The zero-order valence-electron chi connectivity index (χ0n) is 21.0. The van der Waals surface area contributed by atoms with Crippen molar-refractivity contribution >= 4 is 22.8 Å². The van der Waals surface area contributed by atoms with Gasteiger partial charge in [0.25, 0.3) is 5.91 Å². The summed E-state index contributed by atoms with van der Waals surface area (Å²) < 4.78 is 16.4. The van der Waals surface area contributed by atoms with Gasteiger partial charge in [-0.3, -0.25) is 9.59 Å². The predicted octanol–water partition coefficient (Wildman–Crippen LogP) is 5.38. The van der Waals surface area contributed by atoms with Crippen LogP contribution in [-0.2, 0) is 10.2 Å². The average Bonchev–Trinajstić information content (AvgIpc) is 2.81. The molecule has 35 heavy (non-hydrogen) atoms. The fourth-order valence-corrected chi connectivity index (χ4v) is 3.36. The lowest BCUT2D eigenvalue weighted by molar-refractivity contribution is -0.134. The van der Waals surface area contributed by atoms with Gasteiger partial charge in [0.2, 0.25) is 0 Å². The lowest BCUT2D eigenvalue weighted by Gasteiger charge is -2.19. The van der Waals surface area contributed by atoms with Crippen LogP contribution in [0.15, 0.2) is 57.7 Å². The number of fused-ring (bicyclic) bond motifs is 1. The third-order valence-corrected chi connectivity index (χ3v) is 5.69. The molecule has 1 heterocycles. The van der Waals surface area contributed by atoms with Crippen molar-refractivity contribution in [1.29, 1.82) is 0 Å². The molecule has 1 amide bonds. The first kappa shape index (κ1) is 26.0. The van der Waals surface area contributed by atoms with Gasteiger partial charge in [0.1, 0.15) is 22.6 Å². The van der Waals surface area contributed by atoms with E-state index in [1.807, 2.05) is 38.1 Å². The molecule has 0 radical (unpaired) electrons. The molecular formula is C28H33NO6. The smallest absolute Gasteiger partial charge is 0.349 e. The summed E-state index contributed by atoms with van der Waals surface area (Å²) in [6.07, 6.45) is 1.42. The van der Waals surface area contributed by atoms with Crippen LogP contribution in [0.3, 0.4) is 0 Å². The molecule has 0 spiro atoms. The van der Waals surface area contributed by atoms with E-state index in [0.29, 0.717) is 18.4 Å². The monoisotopic (exact) mass is 479 g/mol. The van der Waals surface area contributed by atoms with Crippen LogP contribution in [0, 0.1) is 0 Å². The molecule has 1 unspecified atom stereocenters. The van der Waals surface area contributed by atoms with Crippen molar-refractivity contribution in [1.82, 2.24) is 5.32 Å². The number of esters is 1. The minimum atomic E-state index is -0.741. The summed E-state index contributed by atoms with van der Waals surface area (Å²) in [5.74, 6) is 0.134. The largest absolute Gasteiger partial charge is 0.494 e. The molecule has 0 aliphatic carbocycles. The van der Waals surface area contributed by atoms with Gasteiger partial charge in [0.15, 0.2) is 0 Å². The number of ether oxygens (including phenoxy) is 2. The second-order valence-electron chi connectivity index (χ2n) is 9.63. The van der Waals surface area contributed by atoms with E-state index >= 15 is 0 Å². The molecule has 7 heteroatoms. The Morgan fingerprint density at radius 3 is 2.37 bits per heavy atom. The highest BCUT2D eigenvalue weighted by molar-refractivity contribution is 5.97. The molecule has 7 nitrogen and oxygen atoms in total. The zero-order valence-corrected chi connectivity index (χ0v) is 21.0. The molecule has 3 aromatic rings. The first-order chi connectivity index (χ1) is 16.6. The van der Waals surface area contributed by atoms with E-state index in [9.17, 15) is 14.4 Å². The number of hydrogen-bond donors (Lipinski definition) is 1. The van der Waals surface area contributed by atoms with E-state index in [4.69, 9.17) is 13.9 Å². The topological polar surface area (TPSA) is 94.8 Å². The highest BCUT2D eigenvalue weighted by atomic mass is 16.5. The number of hydrogen-bond acceptors (Lipinski definition) is 6. The van der Waals surface area contributed by atoms with Crippen LogP contribution in [0.5, 0.6) is 11.5 Å². The Morgan fingerprint density at radius 1 is 1.03 bits per heavy atom. The van der Waals surface area contributed by atoms with Crippen LogP contribution >= 0.6 is 0 Å². The molecule has 0 saturated carbocycles. The number of rotatable bonds is 9. The summed E-state index contributed by atoms with van der Waals surface area (Å²) in [7, 11) is 0. The summed E-state index contributed by atoms with van der Waals surface area (Å²) in [4.78, 5) is 36.8. The zero-order chi connectivity index (χ0) is 25.6. The van der Waals surface area contributed by atoms with Crippen LogP contribution in [0.1, 0.15) is 69.8 Å². The van der Waals surface area contributed by atoms with Crippen LogP contribution in [0.4, 0.5) is 0 Å². The van der Waals surface area contributed by atoms with Gasteiger partial charge in [-0.2, -0.15) is 0 Å². The van der Waals surface area contributed by atoms with Gasteiger partial charge >= 0.3 is 11.6 Å². The van der Waals surface area contributed by atoms with Crippen molar-refractivity contribution in [2.75, 3.05) is 6.61 Å². The first-order valence-corrected chi connectivity index (χ1v) is 11.9. The predicted molar refractivity (Wildman–Crippen MR) is 135 cm³/mol. The molecule has 3 rings (SSSR count). The molecule has 1 N–H and O–H groups in total. The van der Waals surface area contributed by atoms with Crippen molar-refractivity contribution in [3.63, 3.8) is 0 Å². The Bertz CT molecular complexity index is 1240. The van der Waals surface area contributed by atoms with Gasteiger partial charge < -0.3 is 19.2 Å². The Balaban J connectivity index is 1.53. The van der Waals surface area contributed by atoms with Crippen molar-refractivity contribution in [3.05, 3.63) is 70.1 Å². The molecule has 1 atom stereocenters. The van der Waals surface area contributed by atoms with Crippen LogP contribution in [0.2, 0.25) is 0 Å². The molecule has 0 saturated heterocycles. The van der Waals surface area contributed by atoms with Crippen molar-refractivity contribution in [3.8, 4) is 11.5 Å². The van der Waals surface area contributed by atoms with Gasteiger partial charge in [0.05, 0.1) is 6.61 Å². The molecule has 0 aliphatic heterocycles. The molecule has 1 aromatic heterocycles. The van der Waals surface area contributed by atoms with Crippen molar-refractivity contribution in [2.24, 2.45) is 0 Å². The Hall–Kier alpha value is -3.61. The van der Waals surface area contributed by atoms with Crippen LogP contribution in [0.25, 0.3) is 11.0 Å². The quantitative estimate of drug-likeness (QED) is 0.192. The molecule has 0 aliphatic rings. The minimum Gasteiger partial charge on any atom is -0.494 e. The third kappa shape index (κ3) is 7.18. The molecular weight excluding hydrogens is 446 g/mol. The SMILES string of the molecule is CCC(C)NC(=O)c1cc2ccc(OC(=O)CCCOc3ccc(C(C)(C)C)cc3)cc2oc1=O. The summed E-state index contributed by atoms with van der Waals surface area (Å²) >= 11 is 0. The Labute approximate surface area is 205 Å². The van der Waals surface area contributed by atoms with E-state index in [1.165, 1.54) is 17.7 Å². The van der Waals surface area contributed by atoms with E-state index < -0.39 is 17.5 Å². The van der Waals surface area contributed by atoms with E-state index in [0.717, 1.165) is 12.2 Å². The van der Waals surface area contributed by atoms with Gasteiger partial charge in [-0.05, 0) is 61.1 Å². The van der Waals surface area contributed by atoms with E-state index in [2.05, 4.69) is 26.1 Å². The first-order valence-electron chi connectivity index (χ1n) is 11.9. The lowest BCUT2D eigenvalue weighted by Crippen LogP contribution is -2.34. The van der Waals surface area contributed by atoms with Crippen molar-refractivity contribution < 1.29 is 23.5 Å². The maximum atomic E-state index is 12.3. The van der Waals surface area contributed by atoms with E-state index in [-0.39, 0.29) is 34.8 Å². The van der Waals surface area contributed by atoms with E-state index in [1.54, 1.807) is 12.1 Å². The number of carbonyl (C=O) groups excluding carboxylic acids is 2. The molecule has 0 bridgehead atoms. The average molecular weight is 480 g/mol. The molecule has 0 fully saturated rings. The molecule has 186 valence electrons. The maximum Gasteiger partial charge on any atom is 0.349 e. The molecule has 2 aromatic carbocycles. The summed E-state index contributed by atoms with van der Waals surface area (Å²) in [5, 5.41) is 3.31. The highest BCUT2D eigenvalue weighted by Gasteiger charge is 2.16. The number of carbonyl (C=O) groups is 2. The van der Waals surface area contributed by atoms with Gasteiger partial charge in [-0.1, -0.05) is 39.8 Å². The summed E-state index contributed by atoms with van der Waals surface area (Å²) in [6, 6.07) is 14.1. The maximum absolute atomic E-state index is 12.3. The fourth-order valence-electron chi connectivity index (χ4n) is 3.36. The number of nitrogens with one attached hydrogen (secondary N) is 1. The van der Waals surface area contributed by atoms with Gasteiger partial charge in [-0.15, -0.1) is 0 Å². The second kappa shape index (κ2) is 11.2. The second-order valence-corrected chi connectivity index (χ2v) is 9.63. The highest BCUT2D eigenvalue weighted by Crippen LogP contribution is 2.24. The standard InChI is InChI=1S/C28H33NO6/c1-6-18(2)29-26(31)23-16-19-9-12-22(17-24(19)35-27(23)32)34-25(30)8-7-15-33-21-13-10-20(11-14-21)28(3,4)5/h9-14,16-18H,6-8,15H2,1-5H3,(H,29,31). The number of amides is 1. The summed E-state index contributed by atoms with van der Waals surface area (Å²) in [5.41, 5.74) is 0.746. The van der Waals surface area contributed by atoms with Gasteiger partial charge in [0, 0.05) is 23.9 Å². The van der Waals surface area contributed by atoms with Gasteiger partial charge in [-0.25, -0.2) is 4.79 Å². The minimum absolute atomic E-state index is 0.0567. The normalized spacial score (nSPS) is 12.3. The lowest BCUT2D eigenvalue weighted by atomic mass is 9.87. The fraction of sp³-hybridized carbons (Fsp3) is 0.393. The third-order valence-electron chi connectivity index (χ3n) is 5.69. The number of benzene rings is 2. The summed E-state index contributed by atoms with van der Waals surface area (Å²) in [6.45, 7) is 10.7. The Kier molecular flexibility index (Phi) is 8.33. The Morgan fingerprint density at radius 2 is 1.71 bits per heavy atom. The van der Waals surface area contributed by atoms with Crippen LogP contribution in [-0.4, -0.2) is 24.5 Å². The van der Waals surface area contributed by atoms with Crippen molar-refractivity contribution in [2.45, 2.75) is 65.3 Å².